The molecule has 2 fully saturated rings. The smallest absolute Gasteiger partial charge is 0.231 e. The highest BCUT2D eigenvalue weighted by Crippen LogP contribution is 2.41. The van der Waals surface area contributed by atoms with Crippen LogP contribution in [-0.2, 0) is 4.79 Å². The summed E-state index contributed by atoms with van der Waals surface area (Å²) in [5.74, 6) is 1.09. The van der Waals surface area contributed by atoms with E-state index in [1.165, 1.54) is 5.56 Å². The molecule has 0 aromatic heterocycles. The van der Waals surface area contributed by atoms with Gasteiger partial charge in [-0.1, -0.05) is 23.7 Å². The molecule has 0 spiro atoms. The van der Waals surface area contributed by atoms with Gasteiger partial charge < -0.3 is 16.4 Å². The van der Waals surface area contributed by atoms with Crippen LogP contribution < -0.4 is 16.4 Å². The fourth-order valence-corrected chi connectivity index (χ4v) is 3.65. The fraction of sp³-hybridized carbons (Fsp3) is 0.556. The quantitative estimate of drug-likeness (QED) is 0.544. The van der Waals surface area contributed by atoms with Gasteiger partial charge >= 0.3 is 0 Å². The first kappa shape index (κ1) is 18.0. The second kappa shape index (κ2) is 8.06. The molecule has 2 unspecified atom stereocenters. The number of nitrogens with two attached hydrogens (primary N) is 1. The Morgan fingerprint density at radius 1 is 1.36 bits per heavy atom. The summed E-state index contributed by atoms with van der Waals surface area (Å²) in [5.41, 5.74) is 6.54. The lowest BCUT2D eigenvalue weighted by Crippen LogP contribution is -2.50. The number of halogens is 1. The van der Waals surface area contributed by atoms with Crippen molar-refractivity contribution in [3.8, 4) is 0 Å². The normalized spacial score (nSPS) is 24.8. The molecule has 1 saturated carbocycles. The average molecular weight is 364 g/mol. The van der Waals surface area contributed by atoms with E-state index in [1.54, 1.807) is 7.05 Å². The number of primary amides is 1. The van der Waals surface area contributed by atoms with Crippen molar-refractivity contribution in [2.45, 2.75) is 37.3 Å². The summed E-state index contributed by atoms with van der Waals surface area (Å²) in [6.45, 7) is 2.11. The minimum atomic E-state index is -0.260. The Morgan fingerprint density at radius 2 is 2.12 bits per heavy atom. The van der Waals surface area contributed by atoms with Crippen molar-refractivity contribution in [1.29, 1.82) is 0 Å². The van der Waals surface area contributed by atoms with E-state index in [1.807, 2.05) is 18.2 Å². The topological polar surface area (TPSA) is 82.8 Å². The molecule has 25 heavy (non-hydrogen) atoms. The van der Waals surface area contributed by atoms with Gasteiger partial charge in [0.05, 0.1) is 6.54 Å². The maximum Gasteiger partial charge on any atom is 0.231 e. The summed E-state index contributed by atoms with van der Waals surface area (Å²) in [4.78, 5) is 17.5. The number of nitrogens with zero attached hydrogens (tertiary/aromatic N) is 2. The highest BCUT2D eigenvalue weighted by atomic mass is 35.5. The number of carbonyl (C=O) groups excluding carboxylic acids is 1. The van der Waals surface area contributed by atoms with Gasteiger partial charge in [0, 0.05) is 43.2 Å². The van der Waals surface area contributed by atoms with E-state index in [-0.39, 0.29) is 5.91 Å². The molecule has 2 aliphatic rings. The van der Waals surface area contributed by atoms with Crippen LogP contribution in [0.4, 0.5) is 0 Å². The molecule has 1 heterocycles. The Hall–Kier alpha value is -1.79. The lowest BCUT2D eigenvalue weighted by atomic mass is 10.1. The highest BCUT2D eigenvalue weighted by molar-refractivity contribution is 6.30. The predicted molar refractivity (Wildman–Crippen MR) is 101 cm³/mol. The van der Waals surface area contributed by atoms with Crippen molar-refractivity contribution in [2.75, 3.05) is 26.7 Å². The van der Waals surface area contributed by atoms with E-state index in [0.29, 0.717) is 24.5 Å². The highest BCUT2D eigenvalue weighted by Gasteiger charge is 2.39. The molecule has 1 aromatic carbocycles. The van der Waals surface area contributed by atoms with Crippen LogP contribution in [0.1, 0.15) is 30.7 Å². The number of hydrogen-bond acceptors (Lipinski definition) is 3. The number of rotatable bonds is 5. The summed E-state index contributed by atoms with van der Waals surface area (Å²) >= 11 is 6.08. The van der Waals surface area contributed by atoms with Gasteiger partial charge in [-0.3, -0.25) is 14.7 Å². The van der Waals surface area contributed by atoms with Crippen molar-refractivity contribution in [2.24, 2.45) is 10.7 Å². The molecule has 1 amide bonds. The minimum absolute atomic E-state index is 0.260. The van der Waals surface area contributed by atoms with E-state index in [2.05, 4.69) is 26.6 Å². The third-order valence-corrected chi connectivity index (χ3v) is 5.16. The standard InChI is InChI=1S/C18H26ClN5O/c1-21-18(22-14-5-7-24(8-6-14)11-17(20)25)23-16-10-15(16)12-3-2-4-13(19)9-12/h2-4,9,14-16H,5-8,10-11H2,1H3,(H2,20,25)(H2,21,22,23). The second-order valence-corrected chi connectivity index (χ2v) is 7.32. The van der Waals surface area contributed by atoms with Crippen LogP contribution in [0.3, 0.4) is 0 Å². The van der Waals surface area contributed by atoms with Gasteiger partial charge in [0.15, 0.2) is 5.96 Å². The SMILES string of the molecule is CN=C(NC1CCN(CC(N)=O)CC1)NC1CC1c1cccc(Cl)c1. The van der Waals surface area contributed by atoms with Crippen molar-refractivity contribution in [3.05, 3.63) is 34.9 Å². The molecule has 4 N–H and O–H groups in total. The molecule has 136 valence electrons. The molecule has 3 rings (SSSR count). The monoisotopic (exact) mass is 363 g/mol. The van der Waals surface area contributed by atoms with E-state index in [4.69, 9.17) is 17.3 Å². The van der Waals surface area contributed by atoms with Crippen LogP contribution in [-0.4, -0.2) is 55.5 Å². The maximum atomic E-state index is 11.0. The Kier molecular flexibility index (Phi) is 5.81. The van der Waals surface area contributed by atoms with Crippen LogP contribution in [0.5, 0.6) is 0 Å². The fourth-order valence-electron chi connectivity index (χ4n) is 3.46. The zero-order valence-electron chi connectivity index (χ0n) is 14.5. The van der Waals surface area contributed by atoms with Gasteiger partial charge in [-0.2, -0.15) is 0 Å². The first-order chi connectivity index (χ1) is 12.0. The van der Waals surface area contributed by atoms with Gasteiger partial charge in [-0.25, -0.2) is 0 Å². The number of guanidine groups is 1. The number of nitrogens with one attached hydrogen (secondary N) is 2. The molecule has 7 heteroatoms. The first-order valence-corrected chi connectivity index (χ1v) is 9.19. The molecule has 6 nitrogen and oxygen atoms in total. The van der Waals surface area contributed by atoms with E-state index < -0.39 is 0 Å². The van der Waals surface area contributed by atoms with Crippen LogP contribution in [0.15, 0.2) is 29.3 Å². The number of hydrogen-bond donors (Lipinski definition) is 3. The van der Waals surface area contributed by atoms with Crippen LogP contribution in [0.2, 0.25) is 5.02 Å². The Morgan fingerprint density at radius 3 is 2.76 bits per heavy atom. The van der Waals surface area contributed by atoms with Crippen LogP contribution >= 0.6 is 11.6 Å². The average Bonchev–Trinajstić information content (AvgIpc) is 3.35. The second-order valence-electron chi connectivity index (χ2n) is 6.88. The number of likely N-dealkylation sites (tertiary alicyclic amines) is 1. The first-order valence-electron chi connectivity index (χ1n) is 8.81. The summed E-state index contributed by atoms with van der Waals surface area (Å²) in [6, 6.07) is 8.85. The van der Waals surface area contributed by atoms with E-state index >= 15 is 0 Å². The third-order valence-electron chi connectivity index (χ3n) is 4.92. The van der Waals surface area contributed by atoms with Gasteiger partial charge in [-0.05, 0) is 37.0 Å². The third kappa shape index (κ3) is 5.09. The van der Waals surface area contributed by atoms with Gasteiger partial charge in [0.25, 0.3) is 0 Å². The summed E-state index contributed by atoms with van der Waals surface area (Å²) in [5, 5.41) is 7.80. The van der Waals surface area contributed by atoms with Crippen LogP contribution in [0, 0.1) is 0 Å². The molecule has 0 bridgehead atoms. The van der Waals surface area contributed by atoms with E-state index in [9.17, 15) is 4.79 Å². The Balaban J connectivity index is 1.45. The molecule has 1 saturated heterocycles. The molecule has 1 aliphatic carbocycles. The van der Waals surface area contributed by atoms with Gasteiger partial charge in [0.2, 0.25) is 5.91 Å². The number of carbonyl (C=O) groups is 1. The maximum absolute atomic E-state index is 11.0. The molecular formula is C18H26ClN5O. The molecule has 0 radical (unpaired) electrons. The predicted octanol–water partition coefficient (Wildman–Crippen LogP) is 1.31. The van der Waals surface area contributed by atoms with Crippen molar-refractivity contribution in [1.82, 2.24) is 15.5 Å². The van der Waals surface area contributed by atoms with Crippen molar-refractivity contribution >= 4 is 23.5 Å². The Labute approximate surface area is 153 Å². The minimum Gasteiger partial charge on any atom is -0.369 e. The summed E-state index contributed by atoms with van der Waals surface area (Å²) in [6.07, 6.45) is 3.06. The molecule has 1 aliphatic heterocycles. The van der Waals surface area contributed by atoms with Crippen LogP contribution in [0.25, 0.3) is 0 Å². The van der Waals surface area contributed by atoms with Gasteiger partial charge in [0.1, 0.15) is 0 Å². The number of benzene rings is 1. The van der Waals surface area contributed by atoms with Crippen molar-refractivity contribution in [3.63, 3.8) is 0 Å². The number of amides is 1. The largest absolute Gasteiger partial charge is 0.369 e. The Bertz CT molecular complexity index is 642. The molecular weight excluding hydrogens is 338 g/mol. The lowest BCUT2D eigenvalue weighted by molar-refractivity contribution is -0.119. The van der Waals surface area contributed by atoms with Gasteiger partial charge in [-0.15, -0.1) is 0 Å². The van der Waals surface area contributed by atoms with Crippen molar-refractivity contribution < 1.29 is 4.79 Å². The number of aliphatic imine (C=N–C) groups is 1. The zero-order valence-corrected chi connectivity index (χ0v) is 15.3. The lowest BCUT2D eigenvalue weighted by Gasteiger charge is -2.32. The van der Waals surface area contributed by atoms with E-state index in [0.717, 1.165) is 43.3 Å². The number of piperidine rings is 1. The molecule has 1 aromatic rings. The summed E-state index contributed by atoms with van der Waals surface area (Å²) < 4.78 is 0. The molecule has 2 atom stereocenters. The zero-order chi connectivity index (χ0) is 17.8. The summed E-state index contributed by atoms with van der Waals surface area (Å²) in [7, 11) is 1.80.